The van der Waals surface area contributed by atoms with Crippen molar-refractivity contribution in [2.75, 3.05) is 13.2 Å². The van der Waals surface area contributed by atoms with Gasteiger partial charge in [-0.05, 0) is 12.1 Å². The molecule has 2 aromatic heterocycles. The molecule has 2 N–H and O–H groups in total. The van der Waals surface area contributed by atoms with Gasteiger partial charge in [-0.1, -0.05) is 5.16 Å². The smallest absolute Gasteiger partial charge is 0.411 e. The zero-order chi connectivity index (χ0) is 14.6. The molecule has 2 heterocycles. The van der Waals surface area contributed by atoms with Gasteiger partial charge in [0.15, 0.2) is 11.6 Å². The number of alkyl halides is 3. The van der Waals surface area contributed by atoms with E-state index in [4.69, 9.17) is 14.7 Å². The third-order valence-electron chi connectivity index (χ3n) is 2.28. The van der Waals surface area contributed by atoms with Crippen molar-refractivity contribution < 1.29 is 26.8 Å². The lowest BCUT2D eigenvalue weighted by Crippen LogP contribution is -2.18. The van der Waals surface area contributed by atoms with Crippen LogP contribution in [-0.4, -0.2) is 29.5 Å². The first-order chi connectivity index (χ1) is 9.48. The van der Waals surface area contributed by atoms with Crippen LogP contribution < -0.4 is 5.73 Å². The lowest BCUT2D eigenvalue weighted by Gasteiger charge is -2.05. The van der Waals surface area contributed by atoms with Crippen LogP contribution in [0.15, 0.2) is 21.1 Å². The van der Waals surface area contributed by atoms with Gasteiger partial charge in [0.2, 0.25) is 0 Å². The number of hydrogen-bond donors (Lipinski definition) is 1. The zero-order valence-electron chi connectivity index (χ0n) is 10.3. The molecule has 110 valence electrons. The molecule has 0 aliphatic heterocycles. The van der Waals surface area contributed by atoms with E-state index in [0.29, 0.717) is 11.5 Å². The minimum Gasteiger partial charge on any atom is -0.455 e. The summed E-state index contributed by atoms with van der Waals surface area (Å²) in [6.45, 7) is -1.20. The Kier molecular flexibility index (Phi) is 4.40. The Bertz CT molecular complexity index is 550. The summed E-state index contributed by atoms with van der Waals surface area (Å²) in [7, 11) is 0. The molecule has 0 fully saturated rings. The topological polar surface area (TPSA) is 87.3 Å². The molecule has 0 aliphatic carbocycles. The van der Waals surface area contributed by atoms with E-state index in [1.165, 1.54) is 0 Å². The van der Waals surface area contributed by atoms with Crippen LogP contribution in [0.2, 0.25) is 0 Å². The molecule has 2 aromatic rings. The molecular formula is C11H12F3N3O3. The summed E-state index contributed by atoms with van der Waals surface area (Å²) in [4.78, 5) is 3.99. The number of rotatable bonds is 6. The zero-order valence-corrected chi connectivity index (χ0v) is 10.3. The van der Waals surface area contributed by atoms with Gasteiger partial charge in [-0.2, -0.15) is 18.2 Å². The molecule has 9 heteroatoms. The van der Waals surface area contributed by atoms with Gasteiger partial charge in [-0.15, -0.1) is 0 Å². The number of aromatic nitrogens is 2. The van der Waals surface area contributed by atoms with Crippen molar-refractivity contribution in [3.05, 3.63) is 23.7 Å². The maximum Gasteiger partial charge on any atom is 0.411 e. The second kappa shape index (κ2) is 6.06. The fourth-order valence-corrected chi connectivity index (χ4v) is 1.41. The third-order valence-corrected chi connectivity index (χ3v) is 2.28. The van der Waals surface area contributed by atoms with Crippen LogP contribution in [0.3, 0.4) is 0 Å². The van der Waals surface area contributed by atoms with Crippen molar-refractivity contribution >= 4 is 0 Å². The van der Waals surface area contributed by atoms with Crippen LogP contribution in [0.25, 0.3) is 11.7 Å². The van der Waals surface area contributed by atoms with Crippen LogP contribution in [-0.2, 0) is 17.7 Å². The van der Waals surface area contributed by atoms with Gasteiger partial charge in [-0.25, -0.2) is 0 Å². The summed E-state index contributed by atoms with van der Waals surface area (Å²) >= 11 is 0. The normalized spacial score (nSPS) is 12.0. The highest BCUT2D eigenvalue weighted by Gasteiger charge is 2.27. The summed E-state index contributed by atoms with van der Waals surface area (Å²) in [5.74, 6) is 1.32. The molecule has 0 unspecified atom stereocenters. The number of halogens is 3. The van der Waals surface area contributed by atoms with Crippen LogP contribution in [0.4, 0.5) is 13.2 Å². The maximum absolute atomic E-state index is 11.8. The third kappa shape index (κ3) is 4.07. The molecule has 0 amide bonds. The van der Waals surface area contributed by atoms with Crippen LogP contribution in [0.1, 0.15) is 11.6 Å². The Labute approximate surface area is 111 Å². The van der Waals surface area contributed by atoms with E-state index in [-0.39, 0.29) is 31.3 Å². The molecule has 0 aromatic carbocycles. The van der Waals surface area contributed by atoms with Gasteiger partial charge in [-0.3, -0.25) is 0 Å². The predicted octanol–water partition coefficient (Wildman–Crippen LogP) is 1.91. The van der Waals surface area contributed by atoms with Gasteiger partial charge in [0.1, 0.15) is 12.4 Å². The van der Waals surface area contributed by atoms with Gasteiger partial charge >= 0.3 is 6.18 Å². The minimum atomic E-state index is -4.34. The highest BCUT2D eigenvalue weighted by molar-refractivity contribution is 5.44. The summed E-state index contributed by atoms with van der Waals surface area (Å²) in [6.07, 6.45) is -4.22. The largest absolute Gasteiger partial charge is 0.455 e. The van der Waals surface area contributed by atoms with Crippen molar-refractivity contribution in [2.45, 2.75) is 19.1 Å². The highest BCUT2D eigenvalue weighted by atomic mass is 19.4. The van der Waals surface area contributed by atoms with Crippen molar-refractivity contribution in [1.82, 2.24) is 10.1 Å². The van der Waals surface area contributed by atoms with E-state index in [0.717, 1.165) is 0 Å². The second-order valence-electron chi connectivity index (χ2n) is 3.90. The van der Waals surface area contributed by atoms with E-state index in [1.807, 2.05) is 0 Å². The molecular weight excluding hydrogens is 279 g/mol. The van der Waals surface area contributed by atoms with Crippen LogP contribution >= 0.6 is 0 Å². The maximum atomic E-state index is 11.8. The van der Waals surface area contributed by atoms with Crippen LogP contribution in [0.5, 0.6) is 0 Å². The number of ether oxygens (including phenoxy) is 1. The number of hydrogen-bond acceptors (Lipinski definition) is 6. The number of furan rings is 1. The Balaban J connectivity index is 1.86. The summed E-state index contributed by atoms with van der Waals surface area (Å²) in [5.41, 5.74) is 5.39. The molecule has 20 heavy (non-hydrogen) atoms. The first-order valence-corrected chi connectivity index (χ1v) is 5.74. The molecule has 0 atom stereocenters. The van der Waals surface area contributed by atoms with E-state index in [2.05, 4.69) is 14.9 Å². The van der Waals surface area contributed by atoms with Gasteiger partial charge in [0.05, 0.1) is 13.2 Å². The first-order valence-electron chi connectivity index (χ1n) is 5.74. The monoisotopic (exact) mass is 291 g/mol. The van der Waals surface area contributed by atoms with Crippen molar-refractivity contribution in [3.63, 3.8) is 0 Å². The van der Waals surface area contributed by atoms with Gasteiger partial charge in [0, 0.05) is 6.42 Å². The summed E-state index contributed by atoms with van der Waals surface area (Å²) < 4.78 is 50.2. The van der Waals surface area contributed by atoms with Crippen molar-refractivity contribution in [2.24, 2.45) is 5.73 Å². The quantitative estimate of drug-likeness (QED) is 0.818. The molecule has 0 radical (unpaired) electrons. The lowest BCUT2D eigenvalue weighted by atomic mass is 10.4. The van der Waals surface area contributed by atoms with Gasteiger partial charge < -0.3 is 19.4 Å². The molecule has 0 saturated heterocycles. The second-order valence-corrected chi connectivity index (χ2v) is 3.90. The van der Waals surface area contributed by atoms with Gasteiger partial charge in [0.25, 0.3) is 5.89 Å². The molecule has 0 aliphatic rings. The molecule has 2 rings (SSSR count). The Morgan fingerprint density at radius 2 is 2.10 bits per heavy atom. The van der Waals surface area contributed by atoms with E-state index in [1.54, 1.807) is 12.1 Å². The molecule has 6 nitrogen and oxygen atoms in total. The van der Waals surface area contributed by atoms with Crippen LogP contribution in [0, 0.1) is 0 Å². The SMILES string of the molecule is NCc1ccc(-c2nc(CCOCC(F)(F)F)no2)o1. The molecule has 0 bridgehead atoms. The van der Waals surface area contributed by atoms with Crippen molar-refractivity contribution in [1.29, 1.82) is 0 Å². The first kappa shape index (κ1) is 14.5. The minimum absolute atomic E-state index is 0.115. The number of nitrogens with zero attached hydrogens (tertiary/aromatic N) is 2. The van der Waals surface area contributed by atoms with E-state index >= 15 is 0 Å². The Morgan fingerprint density at radius 1 is 1.30 bits per heavy atom. The van der Waals surface area contributed by atoms with Crippen molar-refractivity contribution in [3.8, 4) is 11.7 Å². The Morgan fingerprint density at radius 3 is 2.75 bits per heavy atom. The standard InChI is InChI=1S/C11H12F3N3O3/c12-11(13,14)6-18-4-3-9-16-10(20-17-9)8-2-1-7(5-15)19-8/h1-2H,3-6,15H2. The number of nitrogens with two attached hydrogens (primary N) is 1. The fourth-order valence-electron chi connectivity index (χ4n) is 1.41. The fraction of sp³-hybridized carbons (Fsp3) is 0.455. The molecule has 0 saturated carbocycles. The lowest BCUT2D eigenvalue weighted by molar-refractivity contribution is -0.173. The summed E-state index contributed by atoms with van der Waals surface area (Å²) in [5, 5.41) is 3.62. The average Bonchev–Trinajstić information content (AvgIpc) is 3.02. The molecule has 0 spiro atoms. The summed E-state index contributed by atoms with van der Waals surface area (Å²) in [6, 6.07) is 3.30. The van der Waals surface area contributed by atoms with E-state index < -0.39 is 12.8 Å². The predicted molar refractivity (Wildman–Crippen MR) is 60.5 cm³/mol. The van der Waals surface area contributed by atoms with E-state index in [9.17, 15) is 13.2 Å². The highest BCUT2D eigenvalue weighted by Crippen LogP contribution is 2.20. The average molecular weight is 291 g/mol. The Hall–Kier alpha value is -1.87.